The molecule has 0 radical (unpaired) electrons. The molecule has 7 heteroatoms. The van der Waals surface area contributed by atoms with E-state index in [1.807, 2.05) is 0 Å². The van der Waals surface area contributed by atoms with Crippen LogP contribution in [0.3, 0.4) is 0 Å². The molecule has 2 aromatic carbocycles. The summed E-state index contributed by atoms with van der Waals surface area (Å²) in [5.41, 5.74) is -0.748. The lowest BCUT2D eigenvalue weighted by Crippen LogP contribution is -2.24. The van der Waals surface area contributed by atoms with E-state index < -0.39 is 17.6 Å². The summed E-state index contributed by atoms with van der Waals surface area (Å²) in [6, 6.07) is 9.54. The molecule has 3 nitrogen and oxygen atoms in total. The number of hydrogen-bond donors (Lipinski definition) is 1. The van der Waals surface area contributed by atoms with E-state index in [1.54, 1.807) is 12.1 Å². The van der Waals surface area contributed by atoms with Gasteiger partial charge in [0.05, 0.1) is 24.8 Å². The molecule has 0 saturated heterocycles. The van der Waals surface area contributed by atoms with E-state index in [2.05, 4.69) is 17.2 Å². The summed E-state index contributed by atoms with van der Waals surface area (Å²) in [5.74, 6) is 4.78. The topological polar surface area (TPSA) is 38.3 Å². The van der Waals surface area contributed by atoms with E-state index in [-0.39, 0.29) is 17.7 Å². The molecule has 0 fully saturated rings. The van der Waals surface area contributed by atoms with Crippen molar-refractivity contribution < 1.29 is 22.7 Å². The van der Waals surface area contributed by atoms with Crippen molar-refractivity contribution in [3.63, 3.8) is 0 Å². The Balaban J connectivity index is 2.09. The number of benzene rings is 2. The van der Waals surface area contributed by atoms with E-state index >= 15 is 0 Å². The maximum Gasteiger partial charge on any atom is 0.417 e. The number of halogens is 4. The van der Waals surface area contributed by atoms with Gasteiger partial charge < -0.3 is 10.1 Å². The number of carbonyl (C=O) groups is 1. The highest BCUT2D eigenvalue weighted by Gasteiger charge is 2.32. The first-order valence-electron chi connectivity index (χ1n) is 7.09. The molecule has 2 rings (SSSR count). The van der Waals surface area contributed by atoms with E-state index in [1.165, 1.54) is 31.4 Å². The van der Waals surface area contributed by atoms with Crippen molar-refractivity contribution in [2.75, 3.05) is 13.7 Å². The number of alkyl halides is 3. The Morgan fingerprint density at radius 3 is 2.64 bits per heavy atom. The van der Waals surface area contributed by atoms with Crippen molar-refractivity contribution in [3.8, 4) is 17.6 Å². The zero-order chi connectivity index (χ0) is 18.4. The third-order valence-electron chi connectivity index (χ3n) is 3.20. The van der Waals surface area contributed by atoms with Crippen LogP contribution in [0.2, 0.25) is 5.02 Å². The number of ether oxygens (including phenoxy) is 1. The number of rotatable bonds is 3. The third kappa shape index (κ3) is 4.91. The van der Waals surface area contributed by atoms with Crippen LogP contribution in [0, 0.1) is 11.8 Å². The van der Waals surface area contributed by atoms with Crippen LogP contribution in [0.25, 0.3) is 0 Å². The molecule has 0 saturated carbocycles. The summed E-state index contributed by atoms with van der Waals surface area (Å²) < 4.78 is 43.7. The Morgan fingerprint density at radius 2 is 1.96 bits per heavy atom. The zero-order valence-electron chi connectivity index (χ0n) is 13.1. The lowest BCUT2D eigenvalue weighted by atomic mass is 10.1. The maximum absolute atomic E-state index is 12.9. The molecule has 0 spiro atoms. The molecule has 0 unspecified atom stereocenters. The molecule has 1 amide bonds. The van der Waals surface area contributed by atoms with Gasteiger partial charge in [0.2, 0.25) is 0 Å². The van der Waals surface area contributed by atoms with Gasteiger partial charge in [-0.3, -0.25) is 4.79 Å². The molecule has 0 aliphatic rings. The Hall–Kier alpha value is -2.65. The number of amides is 1. The highest BCUT2D eigenvalue weighted by molar-refractivity contribution is 6.31. The number of nitrogens with one attached hydrogen (secondary N) is 1. The molecule has 2 aromatic rings. The predicted molar refractivity (Wildman–Crippen MR) is 88.7 cm³/mol. The van der Waals surface area contributed by atoms with Gasteiger partial charge in [-0.05, 0) is 30.3 Å². The van der Waals surface area contributed by atoms with Crippen molar-refractivity contribution in [2.45, 2.75) is 6.18 Å². The normalized spacial score (nSPS) is 10.6. The van der Waals surface area contributed by atoms with Crippen LogP contribution < -0.4 is 10.1 Å². The minimum atomic E-state index is -4.48. The summed E-state index contributed by atoms with van der Waals surface area (Å²) in [5, 5.41) is 2.85. The van der Waals surface area contributed by atoms with Crippen LogP contribution in [0.5, 0.6) is 5.75 Å². The van der Waals surface area contributed by atoms with Crippen LogP contribution in [0.4, 0.5) is 13.2 Å². The average molecular weight is 368 g/mol. The van der Waals surface area contributed by atoms with Gasteiger partial charge in [-0.1, -0.05) is 35.6 Å². The SMILES string of the molecule is COc1ccc(Cl)cc1C(=O)NCC#Cc1ccccc1C(F)(F)F. The van der Waals surface area contributed by atoms with Gasteiger partial charge in [0.1, 0.15) is 5.75 Å². The Labute approximate surface area is 147 Å². The second kappa shape index (κ2) is 7.95. The summed E-state index contributed by atoms with van der Waals surface area (Å²) in [4.78, 5) is 12.1. The molecule has 130 valence electrons. The Kier molecular flexibility index (Phi) is 5.94. The molecule has 0 aliphatic heterocycles. The summed E-state index contributed by atoms with van der Waals surface area (Å²) in [7, 11) is 1.41. The Bertz CT molecular complexity index is 838. The molecular weight excluding hydrogens is 355 g/mol. The average Bonchev–Trinajstić information content (AvgIpc) is 2.58. The van der Waals surface area contributed by atoms with Gasteiger partial charge in [-0.15, -0.1) is 0 Å². The second-order valence-electron chi connectivity index (χ2n) is 4.87. The first-order valence-corrected chi connectivity index (χ1v) is 7.47. The minimum Gasteiger partial charge on any atom is -0.496 e. The van der Waals surface area contributed by atoms with Crippen LogP contribution in [0.1, 0.15) is 21.5 Å². The van der Waals surface area contributed by atoms with Gasteiger partial charge >= 0.3 is 6.18 Å². The van der Waals surface area contributed by atoms with E-state index in [9.17, 15) is 18.0 Å². The van der Waals surface area contributed by atoms with Gasteiger partial charge in [0.15, 0.2) is 0 Å². The largest absolute Gasteiger partial charge is 0.496 e. The van der Waals surface area contributed by atoms with E-state index in [0.29, 0.717) is 10.8 Å². The number of hydrogen-bond acceptors (Lipinski definition) is 2. The highest BCUT2D eigenvalue weighted by atomic mass is 35.5. The monoisotopic (exact) mass is 367 g/mol. The van der Waals surface area contributed by atoms with E-state index in [0.717, 1.165) is 6.07 Å². The first kappa shape index (κ1) is 18.7. The van der Waals surface area contributed by atoms with Gasteiger partial charge in [0.25, 0.3) is 5.91 Å². The summed E-state index contributed by atoms with van der Waals surface area (Å²) in [6.45, 7) is -0.124. The minimum absolute atomic E-state index is 0.124. The summed E-state index contributed by atoms with van der Waals surface area (Å²) >= 11 is 5.85. The Morgan fingerprint density at radius 1 is 1.24 bits per heavy atom. The summed E-state index contributed by atoms with van der Waals surface area (Å²) in [6.07, 6.45) is -4.48. The lowest BCUT2D eigenvalue weighted by Gasteiger charge is -2.08. The molecule has 25 heavy (non-hydrogen) atoms. The molecule has 0 aromatic heterocycles. The van der Waals surface area contributed by atoms with Gasteiger partial charge in [0, 0.05) is 10.6 Å². The smallest absolute Gasteiger partial charge is 0.417 e. The van der Waals surface area contributed by atoms with Crippen molar-refractivity contribution in [1.29, 1.82) is 0 Å². The maximum atomic E-state index is 12.9. The predicted octanol–water partition coefficient (Wildman–Crippen LogP) is 4.15. The van der Waals surface area contributed by atoms with Gasteiger partial charge in [-0.25, -0.2) is 0 Å². The molecule has 0 aliphatic carbocycles. The van der Waals surface area contributed by atoms with E-state index in [4.69, 9.17) is 16.3 Å². The van der Waals surface area contributed by atoms with Crippen LogP contribution in [-0.4, -0.2) is 19.6 Å². The molecule has 0 atom stereocenters. The quantitative estimate of drug-likeness (QED) is 0.828. The fourth-order valence-electron chi connectivity index (χ4n) is 2.06. The van der Waals surface area contributed by atoms with Crippen molar-refractivity contribution in [3.05, 3.63) is 64.2 Å². The molecule has 1 N–H and O–H groups in total. The standard InChI is InChI=1S/C18H13ClF3NO2/c1-25-16-9-8-13(19)11-14(16)17(24)23-10-4-6-12-5-2-3-7-15(12)18(20,21)22/h2-3,5,7-9,11H,10H2,1H3,(H,23,24). The molecular formula is C18H13ClF3NO2. The van der Waals surface area contributed by atoms with Crippen LogP contribution in [0.15, 0.2) is 42.5 Å². The first-order chi connectivity index (χ1) is 11.8. The third-order valence-corrected chi connectivity index (χ3v) is 3.43. The van der Waals surface area contributed by atoms with Crippen molar-refractivity contribution in [1.82, 2.24) is 5.32 Å². The second-order valence-corrected chi connectivity index (χ2v) is 5.31. The van der Waals surface area contributed by atoms with Crippen LogP contribution in [-0.2, 0) is 6.18 Å². The van der Waals surface area contributed by atoms with Gasteiger partial charge in [-0.2, -0.15) is 13.2 Å². The fourth-order valence-corrected chi connectivity index (χ4v) is 2.23. The highest BCUT2D eigenvalue weighted by Crippen LogP contribution is 2.31. The lowest BCUT2D eigenvalue weighted by molar-refractivity contribution is -0.137. The molecule has 0 bridgehead atoms. The van der Waals surface area contributed by atoms with Crippen molar-refractivity contribution in [2.24, 2.45) is 0 Å². The van der Waals surface area contributed by atoms with Crippen LogP contribution >= 0.6 is 11.6 Å². The molecule has 0 heterocycles. The number of methoxy groups -OCH3 is 1. The fraction of sp³-hybridized carbons (Fsp3) is 0.167. The van der Waals surface area contributed by atoms with Crippen molar-refractivity contribution >= 4 is 17.5 Å². The zero-order valence-corrected chi connectivity index (χ0v) is 13.8. The number of carbonyl (C=O) groups excluding carboxylic acids is 1.